The zero-order valence-electron chi connectivity index (χ0n) is 11.7. The minimum Gasteiger partial charge on any atom is -0.374 e. The predicted octanol–water partition coefficient (Wildman–Crippen LogP) is 3.86. The Kier molecular flexibility index (Phi) is 5.37. The molecule has 2 rings (SSSR count). The fourth-order valence-electron chi connectivity index (χ4n) is 2.62. The third-order valence-electron chi connectivity index (χ3n) is 3.99. The van der Waals surface area contributed by atoms with Crippen molar-refractivity contribution in [2.24, 2.45) is 5.92 Å². The Morgan fingerprint density at radius 3 is 2.58 bits per heavy atom. The molecule has 0 aliphatic carbocycles. The normalized spacial score (nSPS) is 17.7. The molecule has 0 aromatic heterocycles. The van der Waals surface area contributed by atoms with Crippen molar-refractivity contribution in [2.75, 3.05) is 38.6 Å². The van der Waals surface area contributed by atoms with Crippen LogP contribution in [0.5, 0.6) is 0 Å². The Labute approximate surface area is 126 Å². The summed E-state index contributed by atoms with van der Waals surface area (Å²) < 4.78 is 0. The van der Waals surface area contributed by atoms with Gasteiger partial charge in [-0.25, -0.2) is 0 Å². The standard InChI is InChI=1S/C15H22Cl2N2/c1-18-7-5-12(6-8-18)11-19(2)14-4-3-13(10-16)15(17)9-14/h3-4,9,12H,5-8,10-11H2,1-2H3. The first kappa shape index (κ1) is 15.0. The van der Waals surface area contributed by atoms with E-state index in [-0.39, 0.29) is 0 Å². The summed E-state index contributed by atoms with van der Waals surface area (Å²) >= 11 is 12.0. The van der Waals surface area contributed by atoms with E-state index < -0.39 is 0 Å². The summed E-state index contributed by atoms with van der Waals surface area (Å²) in [4.78, 5) is 4.71. The summed E-state index contributed by atoms with van der Waals surface area (Å²) in [6.45, 7) is 3.53. The van der Waals surface area contributed by atoms with Gasteiger partial charge in [0.25, 0.3) is 0 Å². The van der Waals surface area contributed by atoms with E-state index in [0.29, 0.717) is 5.88 Å². The number of hydrogen-bond donors (Lipinski definition) is 0. The molecule has 1 heterocycles. The Hall–Kier alpha value is -0.440. The van der Waals surface area contributed by atoms with E-state index in [1.165, 1.54) is 31.6 Å². The predicted molar refractivity (Wildman–Crippen MR) is 84.5 cm³/mol. The third-order valence-corrected chi connectivity index (χ3v) is 4.63. The topological polar surface area (TPSA) is 6.48 Å². The molecule has 1 aromatic carbocycles. The van der Waals surface area contributed by atoms with Gasteiger partial charge in [-0.15, -0.1) is 11.6 Å². The molecule has 0 amide bonds. The van der Waals surface area contributed by atoms with Gasteiger partial charge in [-0.2, -0.15) is 0 Å². The van der Waals surface area contributed by atoms with Gasteiger partial charge in [0.15, 0.2) is 0 Å². The van der Waals surface area contributed by atoms with Crippen molar-refractivity contribution < 1.29 is 0 Å². The first-order valence-electron chi connectivity index (χ1n) is 6.84. The zero-order valence-corrected chi connectivity index (χ0v) is 13.2. The van der Waals surface area contributed by atoms with Crippen molar-refractivity contribution in [1.29, 1.82) is 0 Å². The summed E-state index contributed by atoms with van der Waals surface area (Å²) in [5.41, 5.74) is 2.18. The lowest BCUT2D eigenvalue weighted by molar-refractivity contribution is 0.222. The van der Waals surface area contributed by atoms with Crippen molar-refractivity contribution in [3.63, 3.8) is 0 Å². The summed E-state index contributed by atoms with van der Waals surface area (Å²) in [6, 6.07) is 6.16. The van der Waals surface area contributed by atoms with Gasteiger partial charge in [0.05, 0.1) is 0 Å². The third kappa shape index (κ3) is 4.01. The number of benzene rings is 1. The average molecular weight is 301 g/mol. The van der Waals surface area contributed by atoms with E-state index in [1.54, 1.807) is 0 Å². The summed E-state index contributed by atoms with van der Waals surface area (Å²) in [5.74, 6) is 1.25. The summed E-state index contributed by atoms with van der Waals surface area (Å²) in [7, 11) is 4.34. The van der Waals surface area contributed by atoms with Crippen LogP contribution in [0.2, 0.25) is 5.02 Å². The molecule has 106 valence electrons. The van der Waals surface area contributed by atoms with E-state index in [9.17, 15) is 0 Å². The molecule has 1 aromatic rings. The number of hydrogen-bond acceptors (Lipinski definition) is 2. The molecule has 0 spiro atoms. The highest BCUT2D eigenvalue weighted by Crippen LogP contribution is 2.26. The molecule has 19 heavy (non-hydrogen) atoms. The van der Waals surface area contributed by atoms with Crippen LogP contribution in [-0.4, -0.2) is 38.6 Å². The lowest BCUT2D eigenvalue weighted by atomic mass is 9.96. The van der Waals surface area contributed by atoms with Gasteiger partial charge in [0, 0.05) is 30.2 Å². The average Bonchev–Trinajstić information content (AvgIpc) is 2.41. The fraction of sp³-hybridized carbons (Fsp3) is 0.600. The molecule has 1 fully saturated rings. The Bertz CT molecular complexity index is 415. The van der Waals surface area contributed by atoms with Crippen LogP contribution in [0.4, 0.5) is 5.69 Å². The lowest BCUT2D eigenvalue weighted by Gasteiger charge is -2.32. The zero-order chi connectivity index (χ0) is 13.8. The van der Waals surface area contributed by atoms with Crippen LogP contribution in [0.25, 0.3) is 0 Å². The maximum atomic E-state index is 6.22. The Balaban J connectivity index is 1.96. The largest absolute Gasteiger partial charge is 0.374 e. The van der Waals surface area contributed by atoms with Crippen molar-refractivity contribution in [3.8, 4) is 0 Å². The van der Waals surface area contributed by atoms with Gasteiger partial charge in [-0.3, -0.25) is 0 Å². The number of likely N-dealkylation sites (tertiary alicyclic amines) is 1. The molecule has 2 nitrogen and oxygen atoms in total. The second-order valence-electron chi connectivity index (χ2n) is 5.54. The molecule has 4 heteroatoms. The number of halogens is 2. The van der Waals surface area contributed by atoms with E-state index in [2.05, 4.69) is 30.0 Å². The second-order valence-corrected chi connectivity index (χ2v) is 6.21. The fourth-order valence-corrected chi connectivity index (χ4v) is 3.16. The first-order valence-corrected chi connectivity index (χ1v) is 7.75. The van der Waals surface area contributed by atoms with Gasteiger partial charge < -0.3 is 9.80 Å². The smallest absolute Gasteiger partial charge is 0.0488 e. The van der Waals surface area contributed by atoms with Crippen LogP contribution in [-0.2, 0) is 5.88 Å². The first-order chi connectivity index (χ1) is 9.10. The van der Waals surface area contributed by atoms with Crippen LogP contribution < -0.4 is 4.90 Å². The van der Waals surface area contributed by atoms with E-state index >= 15 is 0 Å². The van der Waals surface area contributed by atoms with Gasteiger partial charge in [0.2, 0.25) is 0 Å². The van der Waals surface area contributed by atoms with E-state index in [4.69, 9.17) is 23.2 Å². The maximum absolute atomic E-state index is 6.22. The maximum Gasteiger partial charge on any atom is 0.0488 e. The quantitative estimate of drug-likeness (QED) is 0.779. The molecule has 0 N–H and O–H groups in total. The van der Waals surface area contributed by atoms with Crippen molar-refractivity contribution >= 4 is 28.9 Å². The van der Waals surface area contributed by atoms with Crippen molar-refractivity contribution in [1.82, 2.24) is 4.90 Å². The number of alkyl halides is 1. The van der Waals surface area contributed by atoms with Crippen molar-refractivity contribution in [3.05, 3.63) is 28.8 Å². The number of anilines is 1. The van der Waals surface area contributed by atoms with Crippen LogP contribution in [0.1, 0.15) is 18.4 Å². The summed E-state index contributed by atoms with van der Waals surface area (Å²) in [6.07, 6.45) is 2.57. The number of rotatable bonds is 4. The molecule has 1 aliphatic heterocycles. The van der Waals surface area contributed by atoms with E-state index in [0.717, 1.165) is 23.0 Å². The molecule has 1 saturated heterocycles. The summed E-state index contributed by atoms with van der Waals surface area (Å²) in [5, 5.41) is 0.766. The highest BCUT2D eigenvalue weighted by molar-refractivity contribution is 6.32. The van der Waals surface area contributed by atoms with Crippen LogP contribution in [0.3, 0.4) is 0 Å². The van der Waals surface area contributed by atoms with Gasteiger partial charge in [0.1, 0.15) is 0 Å². The van der Waals surface area contributed by atoms with Crippen LogP contribution in [0, 0.1) is 5.92 Å². The molecular formula is C15H22Cl2N2. The highest BCUT2D eigenvalue weighted by atomic mass is 35.5. The molecular weight excluding hydrogens is 279 g/mol. The van der Waals surface area contributed by atoms with Crippen molar-refractivity contribution in [2.45, 2.75) is 18.7 Å². The number of nitrogens with zero attached hydrogens (tertiary/aromatic N) is 2. The molecule has 0 bridgehead atoms. The lowest BCUT2D eigenvalue weighted by Crippen LogP contribution is -2.35. The van der Waals surface area contributed by atoms with Crippen LogP contribution >= 0.6 is 23.2 Å². The second kappa shape index (κ2) is 6.83. The molecule has 0 atom stereocenters. The van der Waals surface area contributed by atoms with Gasteiger partial charge in [-0.05, 0) is 56.6 Å². The SMILES string of the molecule is CN1CCC(CN(C)c2ccc(CCl)c(Cl)c2)CC1. The monoisotopic (exact) mass is 300 g/mol. The minimum absolute atomic E-state index is 0.470. The molecule has 0 unspecified atom stereocenters. The molecule has 0 saturated carbocycles. The van der Waals surface area contributed by atoms with Crippen LogP contribution in [0.15, 0.2) is 18.2 Å². The highest BCUT2D eigenvalue weighted by Gasteiger charge is 2.18. The Morgan fingerprint density at radius 2 is 2.00 bits per heavy atom. The Morgan fingerprint density at radius 1 is 1.32 bits per heavy atom. The van der Waals surface area contributed by atoms with Gasteiger partial charge >= 0.3 is 0 Å². The molecule has 1 aliphatic rings. The van der Waals surface area contributed by atoms with E-state index in [1.807, 2.05) is 12.1 Å². The van der Waals surface area contributed by atoms with Gasteiger partial charge in [-0.1, -0.05) is 17.7 Å². The molecule has 0 radical (unpaired) electrons. The number of piperidine rings is 1. The minimum atomic E-state index is 0.470.